The van der Waals surface area contributed by atoms with Gasteiger partial charge in [0.15, 0.2) is 0 Å². The van der Waals surface area contributed by atoms with Crippen LogP contribution in [0.3, 0.4) is 0 Å². The zero-order chi connectivity index (χ0) is 20.5. The van der Waals surface area contributed by atoms with Crippen molar-refractivity contribution in [3.05, 3.63) is 65.2 Å². The number of benzene rings is 2. The number of hydrogen-bond donors (Lipinski definition) is 3. The Morgan fingerprint density at radius 3 is 2.21 bits per heavy atom. The highest BCUT2D eigenvalue weighted by atomic mass is 16.4. The van der Waals surface area contributed by atoms with Crippen LogP contribution >= 0.6 is 0 Å². The molecule has 0 bridgehead atoms. The highest BCUT2D eigenvalue weighted by molar-refractivity contribution is 5.96. The number of aliphatic carboxylic acids is 1. The number of nitrogens with one attached hydrogen (secondary N) is 2. The molecule has 0 spiro atoms. The highest BCUT2D eigenvalue weighted by Crippen LogP contribution is 2.24. The fourth-order valence-electron chi connectivity index (χ4n) is 2.86. The van der Waals surface area contributed by atoms with Crippen LogP contribution in [0, 0.1) is 6.92 Å². The average Bonchev–Trinajstić information content (AvgIpc) is 2.67. The standard InChI is InChI=1S/C22H26N2O4/c1-3-16(17-6-4-15(2)5-7-17)14-20(25)24-19-10-8-18(9-11-19)22(28)23-13-12-21(26)27/h4-11,16H,3,12-14H2,1-2H3,(H,23,28)(H,24,25)(H,26,27). The summed E-state index contributed by atoms with van der Waals surface area (Å²) in [7, 11) is 0. The lowest BCUT2D eigenvalue weighted by molar-refractivity contribution is -0.136. The Hall–Kier alpha value is -3.15. The average molecular weight is 382 g/mol. The van der Waals surface area contributed by atoms with Gasteiger partial charge in [0.05, 0.1) is 6.42 Å². The van der Waals surface area contributed by atoms with Gasteiger partial charge in [-0.3, -0.25) is 14.4 Å². The summed E-state index contributed by atoms with van der Waals surface area (Å²) in [6.45, 7) is 4.17. The Labute approximate surface area is 165 Å². The van der Waals surface area contributed by atoms with Gasteiger partial charge in [-0.1, -0.05) is 36.8 Å². The van der Waals surface area contributed by atoms with Crippen LogP contribution < -0.4 is 10.6 Å². The molecule has 6 nitrogen and oxygen atoms in total. The molecule has 148 valence electrons. The molecule has 28 heavy (non-hydrogen) atoms. The number of carbonyl (C=O) groups excluding carboxylic acids is 2. The zero-order valence-corrected chi connectivity index (χ0v) is 16.2. The molecule has 0 aliphatic rings. The van der Waals surface area contributed by atoms with Crippen LogP contribution in [-0.4, -0.2) is 29.4 Å². The molecule has 0 aliphatic carbocycles. The number of carboxylic acid groups (broad SMARTS) is 1. The molecule has 2 aromatic carbocycles. The maximum absolute atomic E-state index is 12.4. The van der Waals surface area contributed by atoms with E-state index in [2.05, 4.69) is 41.8 Å². The molecule has 3 N–H and O–H groups in total. The first kappa shape index (κ1) is 21.2. The smallest absolute Gasteiger partial charge is 0.305 e. The van der Waals surface area contributed by atoms with E-state index in [0.717, 1.165) is 12.0 Å². The summed E-state index contributed by atoms with van der Waals surface area (Å²) >= 11 is 0. The maximum Gasteiger partial charge on any atom is 0.305 e. The predicted molar refractivity (Wildman–Crippen MR) is 108 cm³/mol. The molecule has 1 atom stereocenters. The Kier molecular flexibility index (Phi) is 7.75. The van der Waals surface area contributed by atoms with Crippen molar-refractivity contribution in [2.45, 2.75) is 39.0 Å². The molecule has 0 radical (unpaired) electrons. The summed E-state index contributed by atoms with van der Waals surface area (Å²) in [5.41, 5.74) is 3.37. The van der Waals surface area contributed by atoms with Gasteiger partial charge in [-0.15, -0.1) is 0 Å². The van der Waals surface area contributed by atoms with Crippen LogP contribution in [0.15, 0.2) is 48.5 Å². The molecule has 2 amide bonds. The maximum atomic E-state index is 12.4. The van der Waals surface area contributed by atoms with E-state index >= 15 is 0 Å². The minimum atomic E-state index is -0.964. The lowest BCUT2D eigenvalue weighted by Gasteiger charge is -2.15. The molecular formula is C22H26N2O4. The Balaban J connectivity index is 1.90. The Bertz CT molecular complexity index is 813. The van der Waals surface area contributed by atoms with Crippen LogP contribution in [-0.2, 0) is 9.59 Å². The molecular weight excluding hydrogens is 356 g/mol. The van der Waals surface area contributed by atoms with Crippen molar-refractivity contribution < 1.29 is 19.5 Å². The van der Waals surface area contributed by atoms with E-state index in [-0.39, 0.29) is 30.7 Å². The van der Waals surface area contributed by atoms with Crippen molar-refractivity contribution in [1.29, 1.82) is 0 Å². The zero-order valence-electron chi connectivity index (χ0n) is 16.2. The van der Waals surface area contributed by atoms with Gasteiger partial charge in [0, 0.05) is 24.2 Å². The molecule has 0 saturated carbocycles. The van der Waals surface area contributed by atoms with Crippen molar-refractivity contribution in [3.8, 4) is 0 Å². The molecule has 0 aliphatic heterocycles. The number of hydrogen-bond acceptors (Lipinski definition) is 3. The van der Waals surface area contributed by atoms with Crippen molar-refractivity contribution in [3.63, 3.8) is 0 Å². The van der Waals surface area contributed by atoms with E-state index in [9.17, 15) is 14.4 Å². The number of carbonyl (C=O) groups is 3. The molecule has 2 rings (SSSR count). The summed E-state index contributed by atoms with van der Waals surface area (Å²) < 4.78 is 0. The predicted octanol–water partition coefficient (Wildman–Crippen LogP) is 3.72. The minimum absolute atomic E-state index is 0.0735. The van der Waals surface area contributed by atoms with Crippen molar-refractivity contribution in [2.24, 2.45) is 0 Å². The second-order valence-corrected chi connectivity index (χ2v) is 6.75. The molecule has 0 aromatic heterocycles. The highest BCUT2D eigenvalue weighted by Gasteiger charge is 2.15. The number of aryl methyl sites for hydroxylation is 1. The molecule has 2 aromatic rings. The van der Waals surface area contributed by atoms with E-state index in [1.54, 1.807) is 24.3 Å². The summed E-state index contributed by atoms with van der Waals surface area (Å²) in [5.74, 6) is -1.23. The third-order valence-corrected chi connectivity index (χ3v) is 4.53. The van der Waals surface area contributed by atoms with Crippen LogP contribution in [0.1, 0.15) is 53.6 Å². The molecule has 6 heteroatoms. The topological polar surface area (TPSA) is 95.5 Å². The molecule has 0 saturated heterocycles. The monoisotopic (exact) mass is 382 g/mol. The van der Waals surface area contributed by atoms with Gasteiger partial charge in [0.2, 0.25) is 5.91 Å². The summed E-state index contributed by atoms with van der Waals surface area (Å²) in [6, 6.07) is 14.8. The Morgan fingerprint density at radius 1 is 1.00 bits per heavy atom. The van der Waals surface area contributed by atoms with E-state index in [1.807, 2.05) is 6.92 Å². The molecule has 0 heterocycles. The third-order valence-electron chi connectivity index (χ3n) is 4.53. The largest absolute Gasteiger partial charge is 0.481 e. The van der Waals surface area contributed by atoms with Crippen molar-refractivity contribution in [1.82, 2.24) is 5.32 Å². The molecule has 0 fully saturated rings. The van der Waals surface area contributed by atoms with Crippen LogP contribution in [0.4, 0.5) is 5.69 Å². The second-order valence-electron chi connectivity index (χ2n) is 6.75. The minimum Gasteiger partial charge on any atom is -0.481 e. The van der Waals surface area contributed by atoms with Gasteiger partial charge in [-0.05, 0) is 49.1 Å². The van der Waals surface area contributed by atoms with Gasteiger partial charge in [0.25, 0.3) is 5.91 Å². The van der Waals surface area contributed by atoms with Gasteiger partial charge in [-0.2, -0.15) is 0 Å². The van der Waals surface area contributed by atoms with Gasteiger partial charge < -0.3 is 15.7 Å². The number of anilines is 1. The Morgan fingerprint density at radius 2 is 1.64 bits per heavy atom. The van der Waals surface area contributed by atoms with Gasteiger partial charge in [-0.25, -0.2) is 0 Å². The van der Waals surface area contributed by atoms with Crippen molar-refractivity contribution >= 4 is 23.5 Å². The first-order chi connectivity index (χ1) is 13.4. The van der Waals surface area contributed by atoms with Crippen molar-refractivity contribution in [2.75, 3.05) is 11.9 Å². The lowest BCUT2D eigenvalue weighted by Crippen LogP contribution is -2.26. The summed E-state index contributed by atoms with van der Waals surface area (Å²) in [5, 5.41) is 14.0. The first-order valence-electron chi connectivity index (χ1n) is 9.35. The first-order valence-corrected chi connectivity index (χ1v) is 9.35. The fourth-order valence-corrected chi connectivity index (χ4v) is 2.86. The van der Waals surface area contributed by atoms with E-state index in [4.69, 9.17) is 5.11 Å². The van der Waals surface area contributed by atoms with Crippen LogP contribution in [0.5, 0.6) is 0 Å². The number of rotatable bonds is 9. The van der Waals surface area contributed by atoms with Crippen LogP contribution in [0.2, 0.25) is 0 Å². The number of amides is 2. The number of carboxylic acids is 1. The van der Waals surface area contributed by atoms with E-state index < -0.39 is 5.97 Å². The lowest BCUT2D eigenvalue weighted by atomic mass is 9.92. The normalized spacial score (nSPS) is 11.5. The van der Waals surface area contributed by atoms with E-state index in [0.29, 0.717) is 17.7 Å². The summed E-state index contributed by atoms with van der Waals surface area (Å²) in [6.07, 6.45) is 1.13. The quantitative estimate of drug-likeness (QED) is 0.616. The SMILES string of the molecule is CCC(CC(=O)Nc1ccc(C(=O)NCCC(=O)O)cc1)c1ccc(C)cc1. The third kappa shape index (κ3) is 6.54. The molecule has 1 unspecified atom stereocenters. The van der Waals surface area contributed by atoms with Gasteiger partial charge >= 0.3 is 5.97 Å². The summed E-state index contributed by atoms with van der Waals surface area (Å²) in [4.78, 5) is 34.8. The van der Waals surface area contributed by atoms with E-state index in [1.165, 1.54) is 5.56 Å². The second kappa shape index (κ2) is 10.3. The van der Waals surface area contributed by atoms with Crippen LogP contribution in [0.25, 0.3) is 0 Å². The van der Waals surface area contributed by atoms with Gasteiger partial charge in [0.1, 0.15) is 0 Å². The fraction of sp³-hybridized carbons (Fsp3) is 0.318.